The monoisotopic (exact) mass is 523 g/mol. The minimum atomic E-state index is 0.178. The Labute approximate surface area is 237 Å². The van der Waals surface area contributed by atoms with Crippen molar-refractivity contribution in [3.8, 4) is 0 Å². The Morgan fingerprint density at radius 1 is 0.842 bits per heavy atom. The number of hydrogen-bond acceptors (Lipinski definition) is 1. The molecule has 2 heteroatoms. The van der Waals surface area contributed by atoms with Crippen LogP contribution in [0.2, 0.25) is 0 Å². The summed E-state index contributed by atoms with van der Waals surface area (Å²) in [6.07, 6.45) is 34.8. The largest absolute Gasteiger partial charge is 0.353 e. The van der Waals surface area contributed by atoms with Crippen molar-refractivity contribution in [2.75, 3.05) is 6.54 Å². The first kappa shape index (κ1) is 34.2. The fourth-order valence-electron chi connectivity index (χ4n) is 5.42. The maximum Gasteiger partial charge on any atom is 0.220 e. The van der Waals surface area contributed by atoms with Gasteiger partial charge in [0.25, 0.3) is 0 Å². The lowest BCUT2D eigenvalue weighted by Gasteiger charge is -2.32. The van der Waals surface area contributed by atoms with E-state index in [0.717, 1.165) is 6.42 Å². The summed E-state index contributed by atoms with van der Waals surface area (Å²) < 4.78 is 0. The predicted molar refractivity (Wildman–Crippen MR) is 169 cm³/mol. The van der Waals surface area contributed by atoms with Crippen LogP contribution in [0, 0.1) is 5.41 Å². The number of carbonyl (C=O) groups excluding carboxylic acids is 1. The highest BCUT2D eigenvalue weighted by atomic mass is 16.1. The van der Waals surface area contributed by atoms with Gasteiger partial charge < -0.3 is 5.32 Å². The summed E-state index contributed by atoms with van der Waals surface area (Å²) in [6, 6.07) is 0. The first-order chi connectivity index (χ1) is 18.3. The van der Waals surface area contributed by atoms with Crippen molar-refractivity contribution in [3.63, 3.8) is 0 Å². The van der Waals surface area contributed by atoms with Crippen LogP contribution in [-0.2, 0) is 4.79 Å². The second-order valence-electron chi connectivity index (χ2n) is 12.3. The summed E-state index contributed by atoms with van der Waals surface area (Å²) in [5.41, 5.74) is 5.75. The van der Waals surface area contributed by atoms with E-state index in [4.69, 9.17) is 0 Å². The number of carbonyl (C=O) groups is 1. The zero-order chi connectivity index (χ0) is 28.1. The molecule has 0 radical (unpaired) electrons. The van der Waals surface area contributed by atoms with Crippen LogP contribution < -0.4 is 5.32 Å². The molecular weight excluding hydrogens is 462 g/mol. The second kappa shape index (κ2) is 21.0. The zero-order valence-corrected chi connectivity index (χ0v) is 26.1. The molecule has 2 nitrogen and oxygen atoms in total. The highest BCUT2D eigenvalue weighted by molar-refractivity contribution is 5.75. The van der Waals surface area contributed by atoms with Gasteiger partial charge in [0.15, 0.2) is 0 Å². The first-order valence-corrected chi connectivity index (χ1v) is 15.9. The average Bonchev–Trinajstić information content (AvgIpc) is 2.86. The molecule has 216 valence electrons. The maximum absolute atomic E-state index is 12.1. The van der Waals surface area contributed by atoms with Gasteiger partial charge in [-0.25, -0.2) is 0 Å². The third-order valence-corrected chi connectivity index (χ3v) is 8.00. The lowest BCUT2D eigenvalue weighted by atomic mass is 9.72. The van der Waals surface area contributed by atoms with Crippen LogP contribution in [0.5, 0.6) is 0 Å². The van der Waals surface area contributed by atoms with E-state index in [2.05, 4.69) is 83.3 Å². The Morgan fingerprint density at radius 2 is 1.42 bits per heavy atom. The lowest BCUT2D eigenvalue weighted by Crippen LogP contribution is -2.22. The third-order valence-electron chi connectivity index (χ3n) is 8.00. The summed E-state index contributed by atoms with van der Waals surface area (Å²) in [4.78, 5) is 12.1. The molecule has 0 aromatic carbocycles. The Kier molecular flexibility index (Phi) is 18.9. The Morgan fingerprint density at radius 3 is 2.00 bits per heavy atom. The van der Waals surface area contributed by atoms with Gasteiger partial charge in [-0.2, -0.15) is 0 Å². The van der Waals surface area contributed by atoms with Crippen molar-refractivity contribution in [1.82, 2.24) is 5.32 Å². The van der Waals surface area contributed by atoms with Crippen molar-refractivity contribution >= 4 is 5.91 Å². The lowest BCUT2D eigenvalue weighted by molar-refractivity contribution is -0.121. The molecule has 0 saturated heterocycles. The SMILES string of the molecule is CCCCCCCCCCCCCCCC(=O)NCC=C(C)C=CC=C(C)C=CC1=C(C)CCCC1(C)C. The minimum absolute atomic E-state index is 0.178. The van der Waals surface area contributed by atoms with Crippen LogP contribution in [-0.4, -0.2) is 12.5 Å². The Balaban J connectivity index is 2.13. The van der Waals surface area contributed by atoms with E-state index in [-0.39, 0.29) is 11.3 Å². The molecule has 0 heterocycles. The fourth-order valence-corrected chi connectivity index (χ4v) is 5.42. The molecule has 0 aromatic rings. The van der Waals surface area contributed by atoms with Gasteiger partial charge in [-0.15, -0.1) is 0 Å². The molecule has 0 bridgehead atoms. The number of unbranched alkanes of at least 4 members (excludes halogenated alkanes) is 12. The van der Waals surface area contributed by atoms with E-state index in [0.29, 0.717) is 13.0 Å². The van der Waals surface area contributed by atoms with Crippen LogP contribution in [0.3, 0.4) is 0 Å². The molecule has 38 heavy (non-hydrogen) atoms. The number of nitrogens with one attached hydrogen (secondary N) is 1. The standard InChI is InChI=1S/C36H61NO/c1-7-8-9-10-11-12-13-14-15-16-17-18-19-25-35(38)37-30-28-32(3)23-20-22-31(2)26-27-34-33(4)24-21-29-36(34,5)6/h20,22-23,26-28H,7-19,21,24-25,29-30H2,1-6H3,(H,37,38). The van der Waals surface area contributed by atoms with Gasteiger partial charge in [0.1, 0.15) is 0 Å². The molecule has 0 unspecified atom stereocenters. The molecule has 0 fully saturated rings. The van der Waals surface area contributed by atoms with Crippen molar-refractivity contribution in [1.29, 1.82) is 0 Å². The second-order valence-corrected chi connectivity index (χ2v) is 12.3. The molecule has 0 aromatic heterocycles. The Hall–Kier alpha value is -1.83. The van der Waals surface area contributed by atoms with E-state index < -0.39 is 0 Å². The topological polar surface area (TPSA) is 29.1 Å². The van der Waals surface area contributed by atoms with Crippen molar-refractivity contribution in [2.24, 2.45) is 5.41 Å². The molecule has 1 N–H and O–H groups in total. The van der Waals surface area contributed by atoms with Gasteiger partial charge >= 0.3 is 0 Å². The van der Waals surface area contributed by atoms with Gasteiger partial charge in [-0.1, -0.05) is 151 Å². The molecule has 1 amide bonds. The summed E-state index contributed by atoms with van der Waals surface area (Å²) in [6.45, 7) is 14.1. The van der Waals surface area contributed by atoms with Crippen LogP contribution in [0.25, 0.3) is 0 Å². The highest BCUT2D eigenvalue weighted by Gasteiger charge is 2.26. The smallest absolute Gasteiger partial charge is 0.220 e. The van der Waals surface area contributed by atoms with Gasteiger partial charge in [-0.3, -0.25) is 4.79 Å². The first-order valence-electron chi connectivity index (χ1n) is 15.9. The van der Waals surface area contributed by atoms with E-state index in [1.807, 2.05) is 0 Å². The summed E-state index contributed by atoms with van der Waals surface area (Å²) in [5.74, 6) is 0.178. The van der Waals surface area contributed by atoms with Gasteiger partial charge in [0.05, 0.1) is 0 Å². The van der Waals surface area contributed by atoms with E-state index in [1.54, 1.807) is 0 Å². The normalized spacial score (nSPS) is 16.7. The molecule has 0 spiro atoms. The molecule has 0 atom stereocenters. The molecule has 0 saturated carbocycles. The van der Waals surface area contributed by atoms with Gasteiger partial charge in [0, 0.05) is 13.0 Å². The Bertz CT molecular complexity index is 805. The van der Waals surface area contributed by atoms with Crippen molar-refractivity contribution in [3.05, 3.63) is 58.7 Å². The summed E-state index contributed by atoms with van der Waals surface area (Å²) >= 11 is 0. The average molecular weight is 524 g/mol. The maximum atomic E-state index is 12.1. The number of hydrogen-bond donors (Lipinski definition) is 1. The molecule has 0 aliphatic heterocycles. The van der Waals surface area contributed by atoms with Crippen LogP contribution in [0.4, 0.5) is 0 Å². The van der Waals surface area contributed by atoms with E-state index in [9.17, 15) is 4.79 Å². The predicted octanol–water partition coefficient (Wildman–Crippen LogP) is 11.1. The summed E-state index contributed by atoms with van der Waals surface area (Å²) in [5, 5.41) is 3.04. The molecule has 1 aliphatic carbocycles. The zero-order valence-electron chi connectivity index (χ0n) is 26.1. The third kappa shape index (κ3) is 16.9. The van der Waals surface area contributed by atoms with E-state index >= 15 is 0 Å². The highest BCUT2D eigenvalue weighted by Crippen LogP contribution is 2.40. The molecule has 1 rings (SSSR count). The minimum Gasteiger partial charge on any atom is -0.353 e. The number of amides is 1. The van der Waals surface area contributed by atoms with Gasteiger partial charge in [-0.05, 0) is 57.4 Å². The molecular formula is C36H61NO. The van der Waals surface area contributed by atoms with Crippen LogP contribution >= 0.6 is 0 Å². The number of allylic oxidation sites excluding steroid dienone is 9. The fraction of sp³-hybridized carbons (Fsp3) is 0.694. The van der Waals surface area contributed by atoms with Crippen molar-refractivity contribution < 1.29 is 4.79 Å². The van der Waals surface area contributed by atoms with Gasteiger partial charge in [0.2, 0.25) is 5.91 Å². The van der Waals surface area contributed by atoms with Crippen molar-refractivity contribution in [2.45, 2.75) is 151 Å². The molecule has 1 aliphatic rings. The quantitative estimate of drug-likeness (QED) is 0.125. The summed E-state index contributed by atoms with van der Waals surface area (Å²) in [7, 11) is 0. The van der Waals surface area contributed by atoms with Crippen LogP contribution in [0.1, 0.15) is 151 Å². The van der Waals surface area contributed by atoms with Crippen LogP contribution in [0.15, 0.2) is 58.7 Å². The number of rotatable bonds is 20. The van der Waals surface area contributed by atoms with E-state index in [1.165, 1.54) is 119 Å².